The van der Waals surface area contributed by atoms with E-state index in [0.29, 0.717) is 18.9 Å². The van der Waals surface area contributed by atoms with Gasteiger partial charge in [-0.05, 0) is 24.3 Å². The molecular formula is C17H24N2O2. The molecule has 114 valence electrons. The van der Waals surface area contributed by atoms with Gasteiger partial charge in [-0.1, -0.05) is 44.2 Å². The summed E-state index contributed by atoms with van der Waals surface area (Å²) in [6.45, 7) is 5.14. The zero-order valence-corrected chi connectivity index (χ0v) is 12.8. The molecule has 0 aliphatic carbocycles. The maximum atomic E-state index is 12.1. The second kappa shape index (κ2) is 7.25. The third-order valence-corrected chi connectivity index (χ3v) is 3.87. The van der Waals surface area contributed by atoms with Crippen molar-refractivity contribution in [2.45, 2.75) is 39.2 Å². The Balaban J connectivity index is 2.05. The van der Waals surface area contributed by atoms with Gasteiger partial charge in [0, 0.05) is 13.0 Å². The highest BCUT2D eigenvalue weighted by molar-refractivity contribution is 5.95. The van der Waals surface area contributed by atoms with Gasteiger partial charge in [0.15, 0.2) is 0 Å². The smallest absolute Gasteiger partial charge is 0.243 e. The SMILES string of the molecule is CC(C)CCCN1C(=O)CNC(=O)C1Cc1ccccc1. The zero-order valence-electron chi connectivity index (χ0n) is 12.8. The van der Waals surface area contributed by atoms with Gasteiger partial charge in [-0.3, -0.25) is 9.59 Å². The molecule has 1 N–H and O–H groups in total. The number of amides is 2. The van der Waals surface area contributed by atoms with Crippen LogP contribution in [0.4, 0.5) is 0 Å². The van der Waals surface area contributed by atoms with Gasteiger partial charge in [-0.15, -0.1) is 0 Å². The van der Waals surface area contributed by atoms with Crippen molar-refractivity contribution >= 4 is 11.8 Å². The van der Waals surface area contributed by atoms with Crippen LogP contribution in [0.3, 0.4) is 0 Å². The molecule has 4 nitrogen and oxygen atoms in total. The standard InChI is InChI=1S/C17H24N2O2/c1-13(2)7-6-10-19-15(17(21)18-12-16(19)20)11-14-8-4-3-5-9-14/h3-5,8-9,13,15H,6-7,10-12H2,1-2H3,(H,18,21). The average Bonchev–Trinajstić information content (AvgIpc) is 2.46. The molecule has 1 atom stereocenters. The molecular weight excluding hydrogens is 264 g/mol. The van der Waals surface area contributed by atoms with Gasteiger partial charge in [0.05, 0.1) is 6.54 Å². The lowest BCUT2D eigenvalue weighted by Crippen LogP contribution is -2.59. The maximum absolute atomic E-state index is 12.1. The summed E-state index contributed by atoms with van der Waals surface area (Å²) >= 11 is 0. The zero-order chi connectivity index (χ0) is 15.2. The minimum atomic E-state index is -0.374. The Morgan fingerprint density at radius 3 is 2.62 bits per heavy atom. The monoisotopic (exact) mass is 288 g/mol. The maximum Gasteiger partial charge on any atom is 0.243 e. The lowest BCUT2D eigenvalue weighted by molar-refractivity contribution is -0.145. The van der Waals surface area contributed by atoms with Crippen molar-refractivity contribution in [3.05, 3.63) is 35.9 Å². The third kappa shape index (κ3) is 4.31. The summed E-state index contributed by atoms with van der Waals surface area (Å²) in [7, 11) is 0. The summed E-state index contributed by atoms with van der Waals surface area (Å²) < 4.78 is 0. The highest BCUT2D eigenvalue weighted by Crippen LogP contribution is 2.15. The molecule has 1 aliphatic heterocycles. The Hall–Kier alpha value is -1.84. The molecule has 2 amide bonds. The molecule has 0 spiro atoms. The number of hydrogen-bond acceptors (Lipinski definition) is 2. The van der Waals surface area contributed by atoms with Gasteiger partial charge in [-0.25, -0.2) is 0 Å². The van der Waals surface area contributed by atoms with E-state index in [0.717, 1.165) is 18.4 Å². The highest BCUT2D eigenvalue weighted by atomic mass is 16.2. The number of nitrogens with zero attached hydrogens (tertiary/aromatic N) is 1. The van der Waals surface area contributed by atoms with Crippen LogP contribution in [0.5, 0.6) is 0 Å². The Bertz CT molecular complexity index is 485. The minimum absolute atomic E-state index is 0.0271. The van der Waals surface area contributed by atoms with Crippen molar-refractivity contribution in [2.24, 2.45) is 5.92 Å². The first-order valence-electron chi connectivity index (χ1n) is 7.69. The van der Waals surface area contributed by atoms with Crippen LogP contribution in [0.1, 0.15) is 32.3 Å². The van der Waals surface area contributed by atoms with Gasteiger partial charge in [0.25, 0.3) is 0 Å². The topological polar surface area (TPSA) is 49.4 Å². The lowest BCUT2D eigenvalue weighted by atomic mass is 10.0. The first kappa shape index (κ1) is 15.5. The van der Waals surface area contributed by atoms with Crippen molar-refractivity contribution < 1.29 is 9.59 Å². The van der Waals surface area contributed by atoms with Crippen molar-refractivity contribution in [1.29, 1.82) is 0 Å². The van der Waals surface area contributed by atoms with Crippen LogP contribution in [-0.2, 0) is 16.0 Å². The van der Waals surface area contributed by atoms with Gasteiger partial charge in [0.2, 0.25) is 11.8 Å². The van der Waals surface area contributed by atoms with Crippen molar-refractivity contribution in [3.8, 4) is 0 Å². The number of rotatable bonds is 6. The van der Waals surface area contributed by atoms with E-state index in [1.807, 2.05) is 30.3 Å². The number of carbonyl (C=O) groups is 2. The molecule has 0 aromatic heterocycles. The first-order valence-corrected chi connectivity index (χ1v) is 7.69. The number of piperazine rings is 1. The molecule has 1 aromatic carbocycles. The Labute approximate surface area is 126 Å². The Morgan fingerprint density at radius 2 is 1.95 bits per heavy atom. The molecule has 1 aromatic rings. The van der Waals surface area contributed by atoms with Gasteiger partial charge >= 0.3 is 0 Å². The van der Waals surface area contributed by atoms with Crippen LogP contribution in [0, 0.1) is 5.92 Å². The van der Waals surface area contributed by atoms with Crippen LogP contribution in [0.25, 0.3) is 0 Å². The van der Waals surface area contributed by atoms with Crippen LogP contribution in [-0.4, -0.2) is 35.8 Å². The van der Waals surface area contributed by atoms with Crippen molar-refractivity contribution in [2.75, 3.05) is 13.1 Å². The summed E-state index contributed by atoms with van der Waals surface area (Å²) in [4.78, 5) is 26.0. The summed E-state index contributed by atoms with van der Waals surface area (Å²) in [5.74, 6) is 0.605. The van der Waals surface area contributed by atoms with E-state index >= 15 is 0 Å². The Kier molecular flexibility index (Phi) is 5.37. The number of benzene rings is 1. The van der Waals surface area contributed by atoms with Crippen molar-refractivity contribution in [3.63, 3.8) is 0 Å². The fourth-order valence-electron chi connectivity index (χ4n) is 2.69. The molecule has 1 heterocycles. The van der Waals surface area contributed by atoms with Gasteiger partial charge < -0.3 is 10.2 Å². The molecule has 2 rings (SSSR count). The fraction of sp³-hybridized carbons (Fsp3) is 0.529. The van der Waals surface area contributed by atoms with E-state index in [2.05, 4.69) is 19.2 Å². The van der Waals surface area contributed by atoms with E-state index in [9.17, 15) is 9.59 Å². The highest BCUT2D eigenvalue weighted by Gasteiger charge is 2.33. The van der Waals surface area contributed by atoms with E-state index in [-0.39, 0.29) is 24.4 Å². The fourth-order valence-corrected chi connectivity index (χ4v) is 2.69. The van der Waals surface area contributed by atoms with E-state index < -0.39 is 0 Å². The molecule has 1 fully saturated rings. The number of carbonyl (C=O) groups excluding carboxylic acids is 2. The number of nitrogens with one attached hydrogen (secondary N) is 1. The van der Waals surface area contributed by atoms with Gasteiger partial charge in [0.1, 0.15) is 6.04 Å². The first-order chi connectivity index (χ1) is 10.1. The van der Waals surface area contributed by atoms with Crippen LogP contribution >= 0.6 is 0 Å². The van der Waals surface area contributed by atoms with Crippen LogP contribution < -0.4 is 5.32 Å². The van der Waals surface area contributed by atoms with Gasteiger partial charge in [-0.2, -0.15) is 0 Å². The molecule has 1 aliphatic rings. The van der Waals surface area contributed by atoms with E-state index in [1.54, 1.807) is 4.90 Å². The summed E-state index contributed by atoms with van der Waals surface area (Å²) in [5, 5.41) is 2.70. The lowest BCUT2D eigenvalue weighted by Gasteiger charge is -2.35. The van der Waals surface area contributed by atoms with Crippen LogP contribution in [0.15, 0.2) is 30.3 Å². The average molecular weight is 288 g/mol. The quantitative estimate of drug-likeness (QED) is 0.870. The predicted molar refractivity (Wildman–Crippen MR) is 82.7 cm³/mol. The normalized spacial score (nSPS) is 19.0. The summed E-state index contributed by atoms with van der Waals surface area (Å²) in [6, 6.07) is 9.50. The molecule has 0 saturated carbocycles. The van der Waals surface area contributed by atoms with Crippen molar-refractivity contribution in [1.82, 2.24) is 10.2 Å². The largest absolute Gasteiger partial charge is 0.345 e. The molecule has 0 radical (unpaired) electrons. The molecule has 1 unspecified atom stereocenters. The minimum Gasteiger partial charge on any atom is -0.345 e. The summed E-state index contributed by atoms with van der Waals surface area (Å²) in [6.07, 6.45) is 2.60. The molecule has 4 heteroatoms. The number of hydrogen-bond donors (Lipinski definition) is 1. The van der Waals surface area contributed by atoms with E-state index in [1.165, 1.54) is 0 Å². The second-order valence-corrected chi connectivity index (χ2v) is 6.05. The molecule has 1 saturated heterocycles. The predicted octanol–water partition coefficient (Wildman–Crippen LogP) is 1.99. The van der Waals surface area contributed by atoms with E-state index in [4.69, 9.17) is 0 Å². The molecule has 0 bridgehead atoms. The third-order valence-electron chi connectivity index (χ3n) is 3.87. The van der Waals surface area contributed by atoms with Crippen LogP contribution in [0.2, 0.25) is 0 Å². The Morgan fingerprint density at radius 1 is 1.24 bits per heavy atom. The summed E-state index contributed by atoms with van der Waals surface area (Å²) in [5.41, 5.74) is 1.08. The second-order valence-electron chi connectivity index (χ2n) is 6.05. The molecule has 21 heavy (non-hydrogen) atoms.